The molecule has 18 heavy (non-hydrogen) atoms. The smallest absolute Gasteiger partial charge is 0.335 e. The van der Waals surface area contributed by atoms with E-state index < -0.39 is 5.97 Å². The molecule has 0 aliphatic heterocycles. The first-order valence-electron chi connectivity index (χ1n) is 6.77. The van der Waals surface area contributed by atoms with Crippen molar-refractivity contribution in [3.8, 4) is 0 Å². The number of unbranched alkanes of at least 4 members (excludes halogenated alkanes) is 2. The Morgan fingerprint density at radius 3 is 2.39 bits per heavy atom. The first kappa shape index (κ1) is 14.6. The number of carbonyl (C=O) groups is 1. The highest BCUT2D eigenvalue weighted by Crippen LogP contribution is 2.15. The molecule has 0 aromatic heterocycles. The van der Waals surface area contributed by atoms with Crippen LogP contribution in [0, 0.1) is 0 Å². The monoisotopic (exact) mass is 249 g/mol. The second-order valence-corrected chi connectivity index (χ2v) is 4.63. The third kappa shape index (κ3) is 4.78. The third-order valence-electron chi connectivity index (χ3n) is 3.15. The number of anilines is 1. The van der Waals surface area contributed by atoms with Gasteiger partial charge >= 0.3 is 5.97 Å². The minimum atomic E-state index is -0.878. The van der Waals surface area contributed by atoms with Gasteiger partial charge in [-0.05, 0) is 37.1 Å². The van der Waals surface area contributed by atoms with Crippen LogP contribution >= 0.6 is 0 Å². The summed E-state index contributed by atoms with van der Waals surface area (Å²) >= 11 is 0. The zero-order valence-corrected chi connectivity index (χ0v) is 11.3. The molecule has 0 spiro atoms. The van der Waals surface area contributed by atoms with Gasteiger partial charge in [-0.2, -0.15) is 0 Å². The fourth-order valence-corrected chi connectivity index (χ4v) is 1.96. The minimum Gasteiger partial charge on any atom is -0.478 e. The van der Waals surface area contributed by atoms with Crippen molar-refractivity contribution in [3.05, 3.63) is 29.8 Å². The first-order chi connectivity index (χ1) is 8.67. The van der Waals surface area contributed by atoms with Crippen LogP contribution in [0.5, 0.6) is 0 Å². The first-order valence-corrected chi connectivity index (χ1v) is 6.77. The molecule has 0 heterocycles. The van der Waals surface area contributed by atoms with Gasteiger partial charge in [0.25, 0.3) is 0 Å². The van der Waals surface area contributed by atoms with E-state index in [1.165, 1.54) is 25.7 Å². The average Bonchev–Trinajstić information content (AvgIpc) is 2.38. The van der Waals surface area contributed by atoms with Crippen molar-refractivity contribution >= 4 is 11.7 Å². The lowest BCUT2D eigenvalue weighted by atomic mass is 10.1. The van der Waals surface area contributed by atoms with Gasteiger partial charge in [0, 0.05) is 11.7 Å². The van der Waals surface area contributed by atoms with Gasteiger partial charge in [-0.3, -0.25) is 0 Å². The number of hydrogen-bond acceptors (Lipinski definition) is 2. The molecule has 2 N–H and O–H groups in total. The summed E-state index contributed by atoms with van der Waals surface area (Å²) in [6.45, 7) is 4.38. The van der Waals surface area contributed by atoms with Crippen molar-refractivity contribution in [1.82, 2.24) is 0 Å². The van der Waals surface area contributed by atoms with Crippen LogP contribution in [-0.2, 0) is 0 Å². The van der Waals surface area contributed by atoms with E-state index in [0.29, 0.717) is 11.6 Å². The molecule has 1 aromatic rings. The molecule has 0 bridgehead atoms. The number of carboxylic acid groups (broad SMARTS) is 1. The van der Waals surface area contributed by atoms with Crippen molar-refractivity contribution in [2.75, 3.05) is 5.32 Å². The van der Waals surface area contributed by atoms with Gasteiger partial charge < -0.3 is 10.4 Å². The number of nitrogens with one attached hydrogen (secondary N) is 1. The summed E-state index contributed by atoms with van der Waals surface area (Å²) in [6, 6.07) is 7.44. The maximum absolute atomic E-state index is 10.7. The van der Waals surface area contributed by atoms with E-state index in [4.69, 9.17) is 5.11 Å². The van der Waals surface area contributed by atoms with Gasteiger partial charge in [0.05, 0.1) is 5.56 Å². The second-order valence-electron chi connectivity index (χ2n) is 4.63. The standard InChI is InChI=1S/C15H23NO2/c1-3-5-6-7-13(4-2)16-14-10-8-12(9-11-14)15(17)18/h8-11,13,16H,3-7H2,1-2H3,(H,17,18). The van der Waals surface area contributed by atoms with E-state index in [1.54, 1.807) is 12.1 Å². The third-order valence-corrected chi connectivity index (χ3v) is 3.15. The van der Waals surface area contributed by atoms with Crippen molar-refractivity contribution in [2.24, 2.45) is 0 Å². The van der Waals surface area contributed by atoms with Crippen molar-refractivity contribution in [1.29, 1.82) is 0 Å². The zero-order valence-electron chi connectivity index (χ0n) is 11.3. The molecule has 0 saturated heterocycles. The summed E-state index contributed by atoms with van der Waals surface area (Å²) in [5, 5.41) is 12.3. The highest BCUT2D eigenvalue weighted by Gasteiger charge is 2.06. The molecule has 1 aromatic carbocycles. The van der Waals surface area contributed by atoms with Crippen molar-refractivity contribution in [2.45, 2.75) is 52.0 Å². The number of rotatable bonds is 8. The van der Waals surface area contributed by atoms with Crippen LogP contribution in [0.15, 0.2) is 24.3 Å². The quantitative estimate of drug-likeness (QED) is 0.680. The summed E-state index contributed by atoms with van der Waals surface area (Å²) in [7, 11) is 0. The molecule has 0 aliphatic rings. The van der Waals surface area contributed by atoms with E-state index >= 15 is 0 Å². The van der Waals surface area contributed by atoms with Crippen LogP contribution in [0.25, 0.3) is 0 Å². The molecule has 3 nitrogen and oxygen atoms in total. The number of benzene rings is 1. The number of aromatic carboxylic acids is 1. The zero-order chi connectivity index (χ0) is 13.4. The second kappa shape index (κ2) is 7.75. The molecule has 0 aliphatic carbocycles. The van der Waals surface area contributed by atoms with Crippen LogP contribution in [0.1, 0.15) is 56.3 Å². The predicted molar refractivity (Wildman–Crippen MR) is 75.2 cm³/mol. The molecule has 3 heteroatoms. The van der Waals surface area contributed by atoms with Crippen LogP contribution < -0.4 is 5.32 Å². The summed E-state index contributed by atoms with van der Waals surface area (Å²) in [4.78, 5) is 10.7. The summed E-state index contributed by atoms with van der Waals surface area (Å²) < 4.78 is 0. The van der Waals surface area contributed by atoms with Crippen LogP contribution in [0.2, 0.25) is 0 Å². The SMILES string of the molecule is CCCCCC(CC)Nc1ccc(C(=O)O)cc1. The molecular formula is C15H23NO2. The van der Waals surface area contributed by atoms with E-state index in [-0.39, 0.29) is 0 Å². The van der Waals surface area contributed by atoms with Gasteiger partial charge in [-0.1, -0.05) is 33.1 Å². The highest BCUT2D eigenvalue weighted by atomic mass is 16.4. The van der Waals surface area contributed by atoms with Gasteiger partial charge in [-0.25, -0.2) is 4.79 Å². The summed E-state index contributed by atoms with van der Waals surface area (Å²) in [5.41, 5.74) is 1.34. The van der Waals surface area contributed by atoms with Crippen LogP contribution in [0.3, 0.4) is 0 Å². The Morgan fingerprint density at radius 2 is 1.89 bits per heavy atom. The molecule has 1 rings (SSSR count). The Bertz CT molecular complexity index is 359. The van der Waals surface area contributed by atoms with Gasteiger partial charge in [0.1, 0.15) is 0 Å². The number of carboxylic acids is 1. The molecule has 100 valence electrons. The Hall–Kier alpha value is -1.51. The topological polar surface area (TPSA) is 49.3 Å². The Labute approximate surface area is 109 Å². The molecule has 1 atom stereocenters. The van der Waals surface area contributed by atoms with Crippen LogP contribution in [-0.4, -0.2) is 17.1 Å². The van der Waals surface area contributed by atoms with Crippen molar-refractivity contribution < 1.29 is 9.90 Å². The lowest BCUT2D eigenvalue weighted by molar-refractivity contribution is 0.0697. The van der Waals surface area contributed by atoms with E-state index in [0.717, 1.165) is 12.1 Å². The van der Waals surface area contributed by atoms with E-state index in [1.807, 2.05) is 12.1 Å². The minimum absolute atomic E-state index is 0.333. The van der Waals surface area contributed by atoms with Gasteiger partial charge in [0.2, 0.25) is 0 Å². The Kier molecular flexibility index (Phi) is 6.26. The fourth-order valence-electron chi connectivity index (χ4n) is 1.96. The van der Waals surface area contributed by atoms with E-state index in [9.17, 15) is 4.79 Å². The Morgan fingerprint density at radius 1 is 1.22 bits per heavy atom. The molecule has 0 saturated carbocycles. The maximum Gasteiger partial charge on any atom is 0.335 e. The average molecular weight is 249 g/mol. The molecule has 0 fully saturated rings. The Balaban J connectivity index is 2.50. The van der Waals surface area contributed by atoms with Gasteiger partial charge in [0.15, 0.2) is 0 Å². The van der Waals surface area contributed by atoms with Gasteiger partial charge in [-0.15, -0.1) is 0 Å². The predicted octanol–water partition coefficient (Wildman–Crippen LogP) is 4.16. The van der Waals surface area contributed by atoms with E-state index in [2.05, 4.69) is 19.2 Å². The maximum atomic E-state index is 10.7. The summed E-state index contributed by atoms with van der Waals surface area (Å²) in [5.74, 6) is -0.878. The lowest BCUT2D eigenvalue weighted by Gasteiger charge is -2.18. The highest BCUT2D eigenvalue weighted by molar-refractivity contribution is 5.87. The number of hydrogen-bond donors (Lipinski definition) is 2. The lowest BCUT2D eigenvalue weighted by Crippen LogP contribution is -2.18. The normalized spacial score (nSPS) is 12.1. The molecule has 0 radical (unpaired) electrons. The van der Waals surface area contributed by atoms with Crippen molar-refractivity contribution in [3.63, 3.8) is 0 Å². The largest absolute Gasteiger partial charge is 0.478 e. The van der Waals surface area contributed by atoms with Crippen LogP contribution in [0.4, 0.5) is 5.69 Å². The molecular weight excluding hydrogens is 226 g/mol. The molecule has 0 amide bonds. The summed E-state index contributed by atoms with van der Waals surface area (Å²) in [6.07, 6.45) is 6.02. The fraction of sp³-hybridized carbons (Fsp3) is 0.533. The molecule has 1 unspecified atom stereocenters.